The first-order valence-corrected chi connectivity index (χ1v) is 8.09. The van der Waals surface area contributed by atoms with E-state index in [0.717, 1.165) is 36.1 Å². The van der Waals surface area contributed by atoms with Crippen LogP contribution >= 0.6 is 0 Å². The first-order valence-electron chi connectivity index (χ1n) is 6.55. The normalized spacial score (nSPS) is 11.9. The Morgan fingerprint density at radius 2 is 2.10 bits per heavy atom. The summed E-state index contributed by atoms with van der Waals surface area (Å²) in [4.78, 5) is 11.6. The summed E-state index contributed by atoms with van der Waals surface area (Å²) in [5, 5.41) is 7.52. The van der Waals surface area contributed by atoms with Gasteiger partial charge in [-0.05, 0) is 12.5 Å². The summed E-state index contributed by atoms with van der Waals surface area (Å²) < 4.78 is 48.4. The Kier molecular flexibility index (Phi) is 6.28. The molecule has 0 aliphatic rings. The monoisotopic (exact) mass is 323 g/mol. The highest BCUT2D eigenvalue weighted by Crippen LogP contribution is 2.15. The zero-order valence-electron chi connectivity index (χ0n) is 11.7. The number of halogens is 2. The fourth-order valence-electron chi connectivity index (χ4n) is 1.80. The van der Waals surface area contributed by atoms with Crippen LogP contribution < -0.4 is 10.5 Å². The van der Waals surface area contributed by atoms with E-state index in [-0.39, 0.29) is 10.6 Å². The van der Waals surface area contributed by atoms with E-state index < -0.39 is 28.9 Å². The Labute approximate surface area is 122 Å². The number of nitrogens with zero attached hydrogens (tertiary/aromatic N) is 1. The molecular formula is C12H19F2N3O3S. The van der Waals surface area contributed by atoms with Crippen molar-refractivity contribution in [2.24, 2.45) is 5.14 Å². The van der Waals surface area contributed by atoms with E-state index in [4.69, 9.17) is 5.14 Å². The highest BCUT2D eigenvalue weighted by atomic mass is 32.2. The van der Waals surface area contributed by atoms with Gasteiger partial charge in [-0.25, -0.2) is 22.3 Å². The summed E-state index contributed by atoms with van der Waals surface area (Å²) in [6.07, 6.45) is 0.911. The van der Waals surface area contributed by atoms with Crippen LogP contribution in [0.3, 0.4) is 0 Å². The van der Waals surface area contributed by atoms with Crippen molar-refractivity contribution in [3.8, 4) is 0 Å². The van der Waals surface area contributed by atoms with E-state index in [9.17, 15) is 22.0 Å². The lowest BCUT2D eigenvalue weighted by molar-refractivity contribution is 0.0930. The molecule has 6 nitrogen and oxygen atoms in total. The number of aromatic nitrogens is 1. The van der Waals surface area contributed by atoms with E-state index in [1.807, 2.05) is 6.92 Å². The van der Waals surface area contributed by atoms with Crippen LogP contribution in [0, 0.1) is 0 Å². The average molecular weight is 323 g/mol. The van der Waals surface area contributed by atoms with Crippen LogP contribution in [0.5, 0.6) is 0 Å². The van der Waals surface area contributed by atoms with Crippen molar-refractivity contribution in [3.05, 3.63) is 18.0 Å². The van der Waals surface area contributed by atoms with Crippen molar-refractivity contribution in [3.63, 3.8) is 0 Å². The third-order valence-corrected chi connectivity index (χ3v) is 3.71. The van der Waals surface area contributed by atoms with Crippen LogP contribution in [-0.4, -0.2) is 31.9 Å². The number of sulfonamides is 1. The van der Waals surface area contributed by atoms with Crippen molar-refractivity contribution in [2.75, 3.05) is 6.54 Å². The average Bonchev–Trinajstić information content (AvgIpc) is 2.77. The summed E-state index contributed by atoms with van der Waals surface area (Å²) in [6.45, 7) is 1.64. The lowest BCUT2D eigenvalue weighted by Crippen LogP contribution is -2.27. The number of amides is 1. The topological polar surface area (TPSA) is 94.2 Å². The SMILES string of the molecule is CCCCCNC(=O)c1cc(S(N)(=O)=O)cn1CC(F)F. The second kappa shape index (κ2) is 7.51. The molecule has 120 valence electrons. The van der Waals surface area contributed by atoms with Gasteiger partial charge in [0.2, 0.25) is 10.0 Å². The molecule has 0 bridgehead atoms. The van der Waals surface area contributed by atoms with E-state index in [0.29, 0.717) is 6.54 Å². The summed E-state index contributed by atoms with van der Waals surface area (Å²) in [7, 11) is -4.05. The summed E-state index contributed by atoms with van der Waals surface area (Å²) in [5.74, 6) is -0.596. The molecule has 0 atom stereocenters. The number of alkyl halides is 2. The molecule has 0 radical (unpaired) electrons. The summed E-state index contributed by atoms with van der Waals surface area (Å²) >= 11 is 0. The van der Waals surface area contributed by atoms with Gasteiger partial charge < -0.3 is 9.88 Å². The van der Waals surface area contributed by atoms with Crippen LogP contribution in [0.4, 0.5) is 8.78 Å². The first-order chi connectivity index (χ1) is 9.75. The van der Waals surface area contributed by atoms with Crippen LogP contribution in [0.1, 0.15) is 36.7 Å². The molecule has 1 heterocycles. The minimum atomic E-state index is -4.05. The maximum Gasteiger partial charge on any atom is 0.267 e. The highest BCUT2D eigenvalue weighted by molar-refractivity contribution is 7.89. The highest BCUT2D eigenvalue weighted by Gasteiger charge is 2.20. The zero-order chi connectivity index (χ0) is 16.0. The van der Waals surface area contributed by atoms with Crippen molar-refractivity contribution >= 4 is 15.9 Å². The maximum absolute atomic E-state index is 12.5. The standard InChI is InChI=1S/C12H19F2N3O3S/c1-2-3-4-5-16-12(18)10-6-9(21(15,19)20)7-17(10)8-11(13)14/h6-7,11H,2-5,8H2,1H3,(H,16,18)(H2,15,19,20). The Morgan fingerprint density at radius 3 is 2.62 bits per heavy atom. The molecule has 0 aliphatic heterocycles. The molecule has 0 aromatic carbocycles. The number of hydrogen-bond acceptors (Lipinski definition) is 3. The van der Waals surface area contributed by atoms with Gasteiger partial charge in [-0.1, -0.05) is 19.8 Å². The fraction of sp³-hybridized carbons (Fsp3) is 0.583. The minimum absolute atomic E-state index is 0.143. The molecule has 0 fully saturated rings. The number of rotatable bonds is 8. The van der Waals surface area contributed by atoms with Gasteiger partial charge in [-0.2, -0.15) is 0 Å². The van der Waals surface area contributed by atoms with E-state index in [1.165, 1.54) is 0 Å². The molecule has 0 saturated carbocycles. The van der Waals surface area contributed by atoms with Crippen molar-refractivity contribution < 1.29 is 22.0 Å². The summed E-state index contributed by atoms with van der Waals surface area (Å²) in [5.41, 5.74) is -0.143. The van der Waals surface area contributed by atoms with Gasteiger partial charge in [0.05, 0.1) is 6.54 Å². The number of carbonyl (C=O) groups is 1. The number of primary sulfonamides is 1. The molecule has 3 N–H and O–H groups in total. The molecule has 0 saturated heterocycles. The Bertz CT molecular complexity index is 585. The molecule has 1 aromatic heterocycles. The fourth-order valence-corrected chi connectivity index (χ4v) is 2.35. The second-order valence-corrected chi connectivity index (χ2v) is 6.17. The molecule has 21 heavy (non-hydrogen) atoms. The van der Waals surface area contributed by atoms with Crippen LogP contribution in [0.25, 0.3) is 0 Å². The Morgan fingerprint density at radius 1 is 1.43 bits per heavy atom. The molecule has 0 spiro atoms. The van der Waals surface area contributed by atoms with Gasteiger partial charge in [0.1, 0.15) is 10.6 Å². The largest absolute Gasteiger partial charge is 0.351 e. The van der Waals surface area contributed by atoms with E-state index >= 15 is 0 Å². The van der Waals surface area contributed by atoms with Gasteiger partial charge in [0, 0.05) is 12.7 Å². The van der Waals surface area contributed by atoms with Gasteiger partial charge in [-0.3, -0.25) is 4.79 Å². The smallest absolute Gasteiger partial charge is 0.267 e. The van der Waals surface area contributed by atoms with Gasteiger partial charge in [0.15, 0.2) is 0 Å². The third kappa shape index (κ3) is 5.43. The number of unbranched alkanes of at least 4 members (excludes halogenated alkanes) is 2. The third-order valence-electron chi connectivity index (χ3n) is 2.83. The van der Waals surface area contributed by atoms with E-state index in [1.54, 1.807) is 0 Å². The summed E-state index contributed by atoms with van der Waals surface area (Å²) in [6, 6.07) is 1.01. The molecule has 1 amide bonds. The Balaban J connectivity index is 2.92. The molecule has 1 aromatic rings. The van der Waals surface area contributed by atoms with Crippen LogP contribution in [0.2, 0.25) is 0 Å². The zero-order valence-corrected chi connectivity index (χ0v) is 12.5. The molecule has 0 unspecified atom stereocenters. The second-order valence-electron chi connectivity index (χ2n) is 4.61. The van der Waals surface area contributed by atoms with Crippen molar-refractivity contribution in [1.82, 2.24) is 9.88 Å². The number of nitrogens with two attached hydrogens (primary N) is 1. The predicted octanol–water partition coefficient (Wildman–Crippen LogP) is 1.32. The lowest BCUT2D eigenvalue weighted by Gasteiger charge is -2.08. The van der Waals surface area contributed by atoms with Gasteiger partial charge >= 0.3 is 0 Å². The number of hydrogen-bond donors (Lipinski definition) is 2. The molecule has 1 rings (SSSR count). The van der Waals surface area contributed by atoms with E-state index in [2.05, 4.69) is 5.32 Å². The minimum Gasteiger partial charge on any atom is -0.351 e. The van der Waals surface area contributed by atoms with Crippen molar-refractivity contribution in [1.29, 1.82) is 0 Å². The molecule has 0 aliphatic carbocycles. The quantitative estimate of drug-likeness (QED) is 0.706. The Hall–Kier alpha value is -1.48. The van der Waals surface area contributed by atoms with Gasteiger partial charge in [-0.15, -0.1) is 0 Å². The number of carbonyl (C=O) groups excluding carboxylic acids is 1. The van der Waals surface area contributed by atoms with Crippen molar-refractivity contribution in [2.45, 2.75) is 44.1 Å². The molecule has 9 heteroatoms. The van der Waals surface area contributed by atoms with Crippen LogP contribution in [-0.2, 0) is 16.6 Å². The number of nitrogens with one attached hydrogen (secondary N) is 1. The maximum atomic E-state index is 12.5. The van der Waals surface area contributed by atoms with Gasteiger partial charge in [0.25, 0.3) is 12.3 Å². The first kappa shape index (κ1) is 17.6. The predicted molar refractivity (Wildman–Crippen MR) is 73.7 cm³/mol. The lowest BCUT2D eigenvalue weighted by atomic mass is 10.2. The van der Waals surface area contributed by atoms with Crippen LogP contribution in [0.15, 0.2) is 17.2 Å². The molecular weight excluding hydrogens is 304 g/mol.